The van der Waals surface area contributed by atoms with Crippen molar-refractivity contribution in [2.75, 3.05) is 13.1 Å². The van der Waals surface area contributed by atoms with E-state index in [4.69, 9.17) is 4.74 Å². The van der Waals surface area contributed by atoms with Crippen LogP contribution in [0.25, 0.3) is 0 Å². The predicted molar refractivity (Wildman–Crippen MR) is 104 cm³/mol. The lowest BCUT2D eigenvalue weighted by Crippen LogP contribution is -2.41. The van der Waals surface area contributed by atoms with Gasteiger partial charge in [0.1, 0.15) is 5.75 Å². The summed E-state index contributed by atoms with van der Waals surface area (Å²) < 4.78 is 71.3. The van der Waals surface area contributed by atoms with E-state index in [1.165, 1.54) is 16.4 Å². The SMILES string of the molecule is Cc1ccc(S(=O)(=O)N2CCC(C(=O)Oc3ccccc3C(F)(F)F)CC2)cc1C. The summed E-state index contributed by atoms with van der Waals surface area (Å²) in [4.78, 5) is 12.6. The first-order chi connectivity index (χ1) is 14.0. The van der Waals surface area contributed by atoms with Crippen LogP contribution in [0.4, 0.5) is 13.2 Å². The molecule has 2 aromatic rings. The molecule has 162 valence electrons. The number of esters is 1. The van der Waals surface area contributed by atoms with E-state index in [9.17, 15) is 26.4 Å². The van der Waals surface area contributed by atoms with Crippen LogP contribution in [0.1, 0.15) is 29.5 Å². The number of nitrogens with zero attached hydrogens (tertiary/aromatic N) is 1. The van der Waals surface area contributed by atoms with Gasteiger partial charge in [-0.25, -0.2) is 8.42 Å². The number of piperidine rings is 1. The molecule has 0 N–H and O–H groups in total. The van der Waals surface area contributed by atoms with Gasteiger partial charge in [0.2, 0.25) is 10.0 Å². The van der Waals surface area contributed by atoms with Crippen molar-refractivity contribution in [2.45, 2.75) is 37.8 Å². The van der Waals surface area contributed by atoms with E-state index >= 15 is 0 Å². The summed E-state index contributed by atoms with van der Waals surface area (Å²) >= 11 is 0. The molecular formula is C21H22F3NO4S. The zero-order chi connectivity index (χ0) is 22.1. The Kier molecular flexibility index (Phi) is 6.24. The van der Waals surface area contributed by atoms with E-state index in [0.29, 0.717) is 0 Å². The third kappa shape index (κ3) is 4.67. The van der Waals surface area contributed by atoms with E-state index in [-0.39, 0.29) is 30.8 Å². The van der Waals surface area contributed by atoms with Gasteiger partial charge in [0.25, 0.3) is 0 Å². The third-order valence-corrected chi connectivity index (χ3v) is 7.20. The number of hydrogen-bond donors (Lipinski definition) is 0. The first-order valence-electron chi connectivity index (χ1n) is 9.45. The molecule has 0 atom stereocenters. The van der Waals surface area contributed by atoms with Crippen LogP contribution in [-0.2, 0) is 21.0 Å². The number of rotatable bonds is 4. The Bertz CT molecular complexity index is 1040. The van der Waals surface area contributed by atoms with E-state index in [1.807, 2.05) is 13.8 Å². The molecule has 0 bridgehead atoms. The van der Waals surface area contributed by atoms with Gasteiger partial charge in [-0.1, -0.05) is 18.2 Å². The average Bonchev–Trinajstić information content (AvgIpc) is 2.69. The maximum Gasteiger partial charge on any atom is 0.419 e. The third-order valence-electron chi connectivity index (χ3n) is 5.31. The summed E-state index contributed by atoms with van der Waals surface area (Å²) in [5.41, 5.74) is 0.820. The number of sulfonamides is 1. The molecule has 3 rings (SSSR count). The smallest absolute Gasteiger partial charge is 0.419 e. The van der Waals surface area contributed by atoms with Crippen molar-refractivity contribution in [3.8, 4) is 5.75 Å². The van der Waals surface area contributed by atoms with Gasteiger partial charge in [-0.05, 0) is 62.1 Å². The quantitative estimate of drug-likeness (QED) is 0.523. The van der Waals surface area contributed by atoms with Crippen molar-refractivity contribution in [3.05, 3.63) is 59.2 Å². The summed E-state index contributed by atoms with van der Waals surface area (Å²) in [6, 6.07) is 9.42. The Morgan fingerprint density at radius 3 is 2.27 bits per heavy atom. The largest absolute Gasteiger partial charge is 0.426 e. The predicted octanol–water partition coefficient (Wildman–Crippen LogP) is 4.33. The molecule has 0 saturated carbocycles. The number of carbonyl (C=O) groups excluding carboxylic acids is 1. The van der Waals surface area contributed by atoms with Crippen LogP contribution in [0.2, 0.25) is 0 Å². The summed E-state index contributed by atoms with van der Waals surface area (Å²) in [7, 11) is -3.70. The van der Waals surface area contributed by atoms with Crippen LogP contribution in [-0.4, -0.2) is 31.8 Å². The number of hydrogen-bond acceptors (Lipinski definition) is 4. The average molecular weight is 441 g/mol. The highest BCUT2D eigenvalue weighted by molar-refractivity contribution is 7.89. The first kappa shape index (κ1) is 22.3. The second kappa shape index (κ2) is 8.39. The van der Waals surface area contributed by atoms with E-state index in [2.05, 4.69) is 0 Å². The van der Waals surface area contributed by atoms with Gasteiger partial charge in [-0.2, -0.15) is 17.5 Å². The topological polar surface area (TPSA) is 63.7 Å². The zero-order valence-corrected chi connectivity index (χ0v) is 17.4. The Labute approximate surface area is 173 Å². The molecule has 30 heavy (non-hydrogen) atoms. The minimum Gasteiger partial charge on any atom is -0.426 e. The van der Waals surface area contributed by atoms with Crippen LogP contribution in [0.3, 0.4) is 0 Å². The highest BCUT2D eigenvalue weighted by Gasteiger charge is 2.37. The van der Waals surface area contributed by atoms with Crippen molar-refractivity contribution < 1.29 is 31.1 Å². The summed E-state index contributed by atoms with van der Waals surface area (Å²) in [6.45, 7) is 3.90. The maximum absolute atomic E-state index is 13.1. The number of halogens is 3. The number of benzene rings is 2. The second-order valence-corrected chi connectivity index (χ2v) is 9.28. The van der Waals surface area contributed by atoms with Crippen LogP contribution in [0.5, 0.6) is 5.75 Å². The molecule has 1 saturated heterocycles. The first-order valence-corrected chi connectivity index (χ1v) is 10.9. The van der Waals surface area contributed by atoms with Gasteiger partial charge < -0.3 is 4.74 Å². The van der Waals surface area contributed by atoms with Crippen molar-refractivity contribution in [1.82, 2.24) is 4.31 Å². The van der Waals surface area contributed by atoms with Crippen molar-refractivity contribution in [2.24, 2.45) is 5.92 Å². The van der Waals surface area contributed by atoms with Gasteiger partial charge in [0, 0.05) is 13.1 Å². The minimum atomic E-state index is -4.64. The normalized spacial score (nSPS) is 16.4. The molecule has 9 heteroatoms. The fourth-order valence-electron chi connectivity index (χ4n) is 3.34. The maximum atomic E-state index is 13.1. The van der Waals surface area contributed by atoms with Crippen molar-refractivity contribution in [3.63, 3.8) is 0 Å². The van der Waals surface area contributed by atoms with Gasteiger partial charge >= 0.3 is 12.1 Å². The molecule has 0 spiro atoms. The van der Waals surface area contributed by atoms with E-state index in [1.54, 1.807) is 18.2 Å². The molecule has 0 aromatic heterocycles. The summed E-state index contributed by atoms with van der Waals surface area (Å²) in [5.74, 6) is -1.99. The van der Waals surface area contributed by atoms with E-state index in [0.717, 1.165) is 23.3 Å². The van der Waals surface area contributed by atoms with Crippen LogP contribution in [0.15, 0.2) is 47.4 Å². The number of aryl methyl sites for hydroxylation is 2. The number of ether oxygens (including phenoxy) is 1. The van der Waals surface area contributed by atoms with Crippen LogP contribution in [0, 0.1) is 19.8 Å². The Morgan fingerprint density at radius 1 is 1.03 bits per heavy atom. The summed E-state index contributed by atoms with van der Waals surface area (Å²) in [5, 5.41) is 0. The van der Waals surface area contributed by atoms with Gasteiger partial charge in [0.15, 0.2) is 0 Å². The molecule has 5 nitrogen and oxygen atoms in total. The Balaban J connectivity index is 1.67. The molecule has 2 aromatic carbocycles. The van der Waals surface area contributed by atoms with Gasteiger partial charge in [-0.15, -0.1) is 0 Å². The number of carbonyl (C=O) groups is 1. The van der Waals surface area contributed by atoms with E-state index < -0.39 is 39.4 Å². The van der Waals surface area contributed by atoms with Crippen molar-refractivity contribution in [1.29, 1.82) is 0 Å². The molecular weight excluding hydrogens is 419 g/mol. The van der Waals surface area contributed by atoms with Gasteiger partial charge in [-0.3, -0.25) is 4.79 Å². The number of para-hydroxylation sites is 1. The second-order valence-electron chi connectivity index (χ2n) is 7.34. The highest BCUT2D eigenvalue weighted by Crippen LogP contribution is 2.36. The van der Waals surface area contributed by atoms with Crippen molar-refractivity contribution >= 4 is 16.0 Å². The standard InChI is InChI=1S/C21H22F3NO4S/c1-14-7-8-17(13-15(14)2)30(27,28)25-11-9-16(10-12-25)20(26)29-19-6-4-3-5-18(19)21(22,23)24/h3-8,13,16H,9-12H2,1-2H3. The molecule has 0 amide bonds. The highest BCUT2D eigenvalue weighted by atomic mass is 32.2. The lowest BCUT2D eigenvalue weighted by Gasteiger charge is -2.30. The molecule has 1 heterocycles. The number of alkyl halides is 3. The summed E-state index contributed by atoms with van der Waals surface area (Å²) in [6.07, 6.45) is -4.28. The fourth-order valence-corrected chi connectivity index (χ4v) is 4.89. The molecule has 0 unspecified atom stereocenters. The Morgan fingerprint density at radius 2 is 1.67 bits per heavy atom. The van der Waals surface area contributed by atoms with Gasteiger partial charge in [0.05, 0.1) is 16.4 Å². The molecule has 0 radical (unpaired) electrons. The fraction of sp³-hybridized carbons (Fsp3) is 0.381. The monoisotopic (exact) mass is 441 g/mol. The molecule has 1 fully saturated rings. The zero-order valence-electron chi connectivity index (χ0n) is 16.6. The molecule has 0 aliphatic carbocycles. The molecule has 1 aliphatic rings. The van der Waals surface area contributed by atoms with Crippen LogP contribution >= 0.6 is 0 Å². The molecule has 1 aliphatic heterocycles. The minimum absolute atomic E-state index is 0.0932. The van der Waals surface area contributed by atoms with Crippen LogP contribution < -0.4 is 4.74 Å². The Hall–Kier alpha value is -2.39. The lowest BCUT2D eigenvalue weighted by molar-refractivity contribution is -0.145. The lowest BCUT2D eigenvalue weighted by atomic mass is 9.98.